The second-order valence-electron chi connectivity index (χ2n) is 9.40. The number of nitrogens with one attached hydrogen (secondary N) is 1. The molecule has 0 saturated carbocycles. The SMILES string of the molecule is CC1(C)OCC(CN2C(=O)NC(Cc3cccc(C(F)(F)F)c3)N(Cc3ccc(Cl)cc3)C2=O)CO1. The summed E-state index contributed by atoms with van der Waals surface area (Å²) in [5, 5.41) is 3.32. The van der Waals surface area contributed by atoms with Crippen molar-refractivity contribution in [3.05, 3.63) is 70.2 Å². The van der Waals surface area contributed by atoms with E-state index in [-0.39, 0.29) is 25.4 Å². The molecule has 2 saturated heterocycles. The van der Waals surface area contributed by atoms with Crippen molar-refractivity contribution in [1.82, 2.24) is 15.1 Å². The van der Waals surface area contributed by atoms with Gasteiger partial charge < -0.3 is 14.8 Å². The monoisotopic (exact) mass is 525 g/mol. The van der Waals surface area contributed by atoms with Crippen molar-refractivity contribution in [2.24, 2.45) is 5.92 Å². The summed E-state index contributed by atoms with van der Waals surface area (Å²) in [7, 11) is 0. The smallest absolute Gasteiger partial charge is 0.350 e. The number of halogens is 4. The molecule has 2 aromatic carbocycles. The van der Waals surface area contributed by atoms with Crippen LogP contribution in [0.5, 0.6) is 0 Å². The van der Waals surface area contributed by atoms with Crippen LogP contribution in [0.1, 0.15) is 30.5 Å². The molecule has 4 amide bonds. The zero-order valence-electron chi connectivity index (χ0n) is 19.8. The Morgan fingerprint density at radius 1 is 1.06 bits per heavy atom. The van der Waals surface area contributed by atoms with E-state index in [0.29, 0.717) is 23.8 Å². The van der Waals surface area contributed by atoms with Gasteiger partial charge in [-0.2, -0.15) is 13.2 Å². The molecule has 2 aliphatic heterocycles. The van der Waals surface area contributed by atoms with Crippen molar-refractivity contribution in [1.29, 1.82) is 0 Å². The van der Waals surface area contributed by atoms with E-state index in [2.05, 4.69) is 5.32 Å². The number of nitrogens with zero attached hydrogens (tertiary/aromatic N) is 2. The molecule has 0 aliphatic carbocycles. The van der Waals surface area contributed by atoms with E-state index in [0.717, 1.165) is 22.6 Å². The fraction of sp³-hybridized carbons (Fsp3) is 0.440. The van der Waals surface area contributed by atoms with Crippen LogP contribution in [0.4, 0.5) is 22.8 Å². The van der Waals surface area contributed by atoms with Gasteiger partial charge in [0.25, 0.3) is 0 Å². The summed E-state index contributed by atoms with van der Waals surface area (Å²) in [6.07, 6.45) is -5.34. The molecule has 7 nitrogen and oxygen atoms in total. The number of carbonyl (C=O) groups is 2. The largest absolute Gasteiger partial charge is 0.416 e. The first-order valence-corrected chi connectivity index (χ1v) is 11.9. The fourth-order valence-corrected chi connectivity index (χ4v) is 4.27. The molecule has 194 valence electrons. The molecule has 1 unspecified atom stereocenters. The van der Waals surface area contributed by atoms with Gasteiger partial charge >= 0.3 is 18.2 Å². The van der Waals surface area contributed by atoms with E-state index in [9.17, 15) is 22.8 Å². The van der Waals surface area contributed by atoms with Gasteiger partial charge in [-0.05, 0) is 43.2 Å². The third-order valence-electron chi connectivity index (χ3n) is 6.11. The van der Waals surface area contributed by atoms with E-state index in [1.54, 1.807) is 38.1 Å². The van der Waals surface area contributed by atoms with Crippen molar-refractivity contribution in [2.75, 3.05) is 19.8 Å². The van der Waals surface area contributed by atoms with Crippen LogP contribution >= 0.6 is 11.6 Å². The van der Waals surface area contributed by atoms with Gasteiger partial charge in [0, 0.05) is 30.5 Å². The van der Waals surface area contributed by atoms with E-state index < -0.39 is 35.8 Å². The fourth-order valence-electron chi connectivity index (χ4n) is 4.15. The summed E-state index contributed by atoms with van der Waals surface area (Å²) in [4.78, 5) is 29.0. The van der Waals surface area contributed by atoms with Gasteiger partial charge in [0.15, 0.2) is 5.79 Å². The van der Waals surface area contributed by atoms with Crippen LogP contribution in [0.15, 0.2) is 48.5 Å². The summed E-state index contributed by atoms with van der Waals surface area (Å²) in [6.45, 7) is 4.40. The molecule has 0 radical (unpaired) electrons. The van der Waals surface area contributed by atoms with Gasteiger partial charge in [-0.1, -0.05) is 41.9 Å². The van der Waals surface area contributed by atoms with E-state index in [1.165, 1.54) is 17.0 Å². The third-order valence-corrected chi connectivity index (χ3v) is 6.36. The number of urea groups is 2. The molecular formula is C25H27ClF3N3O4. The van der Waals surface area contributed by atoms with Gasteiger partial charge in [0.1, 0.15) is 6.17 Å². The first kappa shape index (κ1) is 26.2. The number of imide groups is 1. The van der Waals surface area contributed by atoms with Crippen molar-refractivity contribution in [3.63, 3.8) is 0 Å². The second kappa shape index (κ2) is 10.3. The van der Waals surface area contributed by atoms with Gasteiger partial charge in [0.05, 0.1) is 18.8 Å². The van der Waals surface area contributed by atoms with Crippen molar-refractivity contribution < 1.29 is 32.2 Å². The van der Waals surface area contributed by atoms with Crippen LogP contribution < -0.4 is 5.32 Å². The normalized spacial score (nSPS) is 21.0. The Kier molecular flexibility index (Phi) is 7.49. The first-order valence-electron chi connectivity index (χ1n) is 11.5. The number of benzene rings is 2. The lowest BCUT2D eigenvalue weighted by molar-refractivity contribution is -0.262. The highest BCUT2D eigenvalue weighted by Gasteiger charge is 2.41. The molecular weight excluding hydrogens is 499 g/mol. The lowest BCUT2D eigenvalue weighted by Gasteiger charge is -2.43. The molecule has 2 heterocycles. The number of rotatable bonds is 6. The molecule has 36 heavy (non-hydrogen) atoms. The van der Waals surface area contributed by atoms with Crippen LogP contribution in [-0.2, 0) is 28.6 Å². The predicted octanol–water partition coefficient (Wildman–Crippen LogP) is 5.27. The molecule has 2 aliphatic rings. The molecule has 0 bridgehead atoms. The quantitative estimate of drug-likeness (QED) is 0.557. The predicted molar refractivity (Wildman–Crippen MR) is 126 cm³/mol. The van der Waals surface area contributed by atoms with Crippen molar-refractivity contribution in [3.8, 4) is 0 Å². The summed E-state index contributed by atoms with van der Waals surface area (Å²) in [6, 6.07) is 10.6. The maximum absolute atomic E-state index is 13.5. The Hall–Kier alpha value is -2.82. The Bertz CT molecular complexity index is 1100. The number of hydrogen-bond acceptors (Lipinski definition) is 4. The van der Waals surface area contributed by atoms with E-state index in [1.807, 2.05) is 0 Å². The minimum absolute atomic E-state index is 0.00662. The van der Waals surface area contributed by atoms with E-state index in [4.69, 9.17) is 21.1 Å². The highest BCUT2D eigenvalue weighted by Crippen LogP contribution is 2.30. The van der Waals surface area contributed by atoms with Crippen LogP contribution in [-0.4, -0.2) is 53.6 Å². The standard InChI is InChI=1S/C25H27ClF3N3O4/c1-24(2)35-14-18(15-36-24)13-32-22(33)30-21(11-17-4-3-5-19(10-17)25(27,28)29)31(23(32)34)12-16-6-8-20(26)9-7-16/h3-10,18,21H,11-15H2,1-2H3,(H,30,33). The number of carbonyl (C=O) groups excluding carboxylic acids is 2. The first-order chi connectivity index (χ1) is 16.9. The van der Waals surface area contributed by atoms with Gasteiger partial charge in [-0.15, -0.1) is 0 Å². The lowest BCUT2D eigenvalue weighted by atomic mass is 10.0. The molecule has 2 fully saturated rings. The Morgan fingerprint density at radius 2 is 1.72 bits per heavy atom. The van der Waals surface area contributed by atoms with Crippen LogP contribution in [0, 0.1) is 5.92 Å². The Balaban J connectivity index is 1.56. The van der Waals surface area contributed by atoms with Crippen LogP contribution in [0.2, 0.25) is 5.02 Å². The zero-order chi connectivity index (χ0) is 26.1. The second-order valence-corrected chi connectivity index (χ2v) is 9.84. The van der Waals surface area contributed by atoms with Crippen LogP contribution in [0.25, 0.3) is 0 Å². The molecule has 11 heteroatoms. The topological polar surface area (TPSA) is 71.1 Å². The average molecular weight is 526 g/mol. The molecule has 2 aromatic rings. The lowest BCUT2D eigenvalue weighted by Crippen LogP contribution is -2.66. The number of amides is 4. The van der Waals surface area contributed by atoms with Crippen LogP contribution in [0.3, 0.4) is 0 Å². The van der Waals surface area contributed by atoms with Gasteiger partial charge in [-0.25, -0.2) is 14.5 Å². The maximum Gasteiger partial charge on any atom is 0.416 e. The van der Waals surface area contributed by atoms with Crippen molar-refractivity contribution >= 4 is 23.7 Å². The van der Waals surface area contributed by atoms with E-state index >= 15 is 0 Å². The minimum Gasteiger partial charge on any atom is -0.350 e. The highest BCUT2D eigenvalue weighted by atomic mass is 35.5. The molecule has 0 spiro atoms. The third kappa shape index (κ3) is 6.29. The Labute approximate surface area is 212 Å². The average Bonchev–Trinajstić information content (AvgIpc) is 2.81. The zero-order valence-corrected chi connectivity index (χ0v) is 20.6. The summed E-state index contributed by atoms with van der Waals surface area (Å²) in [5.74, 6) is -0.952. The molecule has 1 N–H and O–H groups in total. The van der Waals surface area contributed by atoms with Crippen molar-refractivity contribution in [2.45, 2.75) is 44.9 Å². The van der Waals surface area contributed by atoms with Gasteiger partial charge in [0.2, 0.25) is 0 Å². The maximum atomic E-state index is 13.5. The number of hydrogen-bond donors (Lipinski definition) is 1. The molecule has 0 aromatic heterocycles. The Morgan fingerprint density at radius 3 is 2.36 bits per heavy atom. The summed E-state index contributed by atoms with van der Waals surface area (Å²) >= 11 is 5.98. The number of alkyl halides is 3. The minimum atomic E-state index is -4.50. The summed E-state index contributed by atoms with van der Waals surface area (Å²) in [5.41, 5.74) is 0.303. The number of ether oxygens (including phenoxy) is 2. The van der Waals surface area contributed by atoms with Gasteiger partial charge in [-0.3, -0.25) is 4.90 Å². The molecule has 4 rings (SSSR count). The highest BCUT2D eigenvalue weighted by molar-refractivity contribution is 6.30. The molecule has 1 atom stereocenters. The summed E-state index contributed by atoms with van der Waals surface area (Å²) < 4.78 is 51.0.